The van der Waals surface area contributed by atoms with Crippen molar-refractivity contribution in [3.8, 4) is 5.75 Å². The van der Waals surface area contributed by atoms with Crippen molar-refractivity contribution in [2.75, 3.05) is 12.4 Å². The Balaban J connectivity index is 1.60. The largest absolute Gasteiger partial charge is 0.497 e. The van der Waals surface area contributed by atoms with E-state index < -0.39 is 18.0 Å². The Kier molecular flexibility index (Phi) is 4.92. The number of benzene rings is 1. The molecule has 3 aromatic rings. The van der Waals surface area contributed by atoms with Crippen LogP contribution in [-0.4, -0.2) is 30.2 Å². The fourth-order valence-corrected chi connectivity index (χ4v) is 2.43. The maximum absolute atomic E-state index is 12.1. The third-order valence-corrected chi connectivity index (χ3v) is 3.75. The van der Waals surface area contributed by atoms with Gasteiger partial charge in [0.05, 0.1) is 19.8 Å². The van der Waals surface area contributed by atoms with Crippen LogP contribution in [0.2, 0.25) is 0 Å². The lowest BCUT2D eigenvalue weighted by Gasteiger charge is -2.12. The van der Waals surface area contributed by atoms with Crippen LogP contribution < -0.4 is 10.1 Å². The van der Waals surface area contributed by atoms with Crippen LogP contribution in [0.4, 0.5) is 5.82 Å². The predicted octanol–water partition coefficient (Wildman–Crippen LogP) is 2.85. The summed E-state index contributed by atoms with van der Waals surface area (Å²) in [5.41, 5.74) is 1.28. The van der Waals surface area contributed by atoms with Crippen LogP contribution in [-0.2, 0) is 20.7 Å². The van der Waals surface area contributed by atoms with E-state index in [0.717, 1.165) is 5.39 Å². The Morgan fingerprint density at radius 2 is 2.12 bits per heavy atom. The molecule has 2 aromatic heterocycles. The molecule has 1 aromatic carbocycles. The number of aromatic nitrogens is 1. The van der Waals surface area contributed by atoms with E-state index in [2.05, 4.69) is 10.5 Å². The van der Waals surface area contributed by atoms with Crippen molar-refractivity contribution < 1.29 is 28.0 Å². The number of nitrogens with one attached hydrogen (secondary N) is 1. The lowest BCUT2D eigenvalue weighted by Crippen LogP contribution is -2.30. The minimum absolute atomic E-state index is 0.0139. The fraction of sp³-hybridized carbons (Fsp3) is 0.278. The van der Waals surface area contributed by atoms with Crippen molar-refractivity contribution in [3.05, 3.63) is 41.9 Å². The van der Waals surface area contributed by atoms with Gasteiger partial charge >= 0.3 is 5.97 Å². The van der Waals surface area contributed by atoms with E-state index in [1.807, 2.05) is 6.07 Å². The molecule has 0 spiro atoms. The Morgan fingerprint density at radius 1 is 1.31 bits per heavy atom. The molecule has 3 rings (SSSR count). The standard InChI is InChI=1S/C18H18N2O6/c1-10-6-16(20-26-10)19-18(22)11(2)25-17(21)7-12-9-24-15-8-13(23-3)4-5-14(12)15/h4-6,8-9,11H,7H2,1-3H3,(H,19,20,22). The highest BCUT2D eigenvalue weighted by Gasteiger charge is 2.20. The van der Waals surface area contributed by atoms with Crippen molar-refractivity contribution >= 4 is 28.7 Å². The lowest BCUT2D eigenvalue weighted by atomic mass is 10.1. The summed E-state index contributed by atoms with van der Waals surface area (Å²) < 4.78 is 20.6. The molecule has 1 unspecified atom stereocenters. The molecule has 0 radical (unpaired) electrons. The maximum Gasteiger partial charge on any atom is 0.311 e. The second kappa shape index (κ2) is 7.30. The van der Waals surface area contributed by atoms with Crippen molar-refractivity contribution in [3.63, 3.8) is 0 Å². The van der Waals surface area contributed by atoms with Crippen LogP contribution in [0.25, 0.3) is 11.0 Å². The van der Waals surface area contributed by atoms with Crippen molar-refractivity contribution in [2.45, 2.75) is 26.4 Å². The summed E-state index contributed by atoms with van der Waals surface area (Å²) in [4.78, 5) is 24.2. The molecule has 0 saturated heterocycles. The number of furan rings is 1. The Hall–Kier alpha value is -3.29. The van der Waals surface area contributed by atoms with Crippen LogP contribution in [0.5, 0.6) is 5.75 Å². The number of aryl methyl sites for hydroxylation is 1. The van der Waals surface area contributed by atoms with E-state index in [-0.39, 0.29) is 12.2 Å². The zero-order chi connectivity index (χ0) is 18.7. The van der Waals surface area contributed by atoms with Gasteiger partial charge in [-0.05, 0) is 26.0 Å². The summed E-state index contributed by atoms with van der Waals surface area (Å²) in [6.45, 7) is 3.19. The quantitative estimate of drug-likeness (QED) is 0.676. The van der Waals surface area contributed by atoms with Gasteiger partial charge in [0.1, 0.15) is 17.1 Å². The highest BCUT2D eigenvalue weighted by atomic mass is 16.5. The van der Waals surface area contributed by atoms with Crippen LogP contribution in [0.3, 0.4) is 0 Å². The highest BCUT2D eigenvalue weighted by Crippen LogP contribution is 2.26. The van der Waals surface area contributed by atoms with E-state index in [1.165, 1.54) is 13.2 Å². The van der Waals surface area contributed by atoms with Gasteiger partial charge in [0.2, 0.25) is 0 Å². The van der Waals surface area contributed by atoms with Crippen molar-refractivity contribution in [1.29, 1.82) is 0 Å². The fourth-order valence-electron chi connectivity index (χ4n) is 2.43. The molecule has 0 fully saturated rings. The molecule has 1 N–H and O–H groups in total. The molecule has 0 aliphatic rings. The van der Waals surface area contributed by atoms with Gasteiger partial charge in [-0.1, -0.05) is 5.16 Å². The van der Waals surface area contributed by atoms with Crippen LogP contribution in [0.1, 0.15) is 18.2 Å². The summed E-state index contributed by atoms with van der Waals surface area (Å²) >= 11 is 0. The normalized spacial score (nSPS) is 12.0. The van der Waals surface area contributed by atoms with E-state index in [9.17, 15) is 9.59 Å². The lowest BCUT2D eigenvalue weighted by molar-refractivity contribution is -0.152. The first-order chi connectivity index (χ1) is 12.5. The zero-order valence-corrected chi connectivity index (χ0v) is 14.6. The highest BCUT2D eigenvalue weighted by molar-refractivity contribution is 5.94. The average molecular weight is 358 g/mol. The third kappa shape index (κ3) is 3.85. The van der Waals surface area contributed by atoms with Gasteiger partial charge in [-0.25, -0.2) is 0 Å². The first-order valence-electron chi connectivity index (χ1n) is 7.94. The SMILES string of the molecule is COc1ccc2c(CC(=O)OC(C)C(=O)Nc3cc(C)on3)coc2c1. The van der Waals surface area contributed by atoms with E-state index in [0.29, 0.717) is 22.7 Å². The van der Waals surface area contributed by atoms with Crippen LogP contribution in [0, 0.1) is 6.92 Å². The summed E-state index contributed by atoms with van der Waals surface area (Å²) in [6.07, 6.45) is 0.506. The summed E-state index contributed by atoms with van der Waals surface area (Å²) in [5.74, 6) is 0.462. The number of fused-ring (bicyclic) bond motifs is 1. The Bertz CT molecular complexity index is 942. The van der Waals surface area contributed by atoms with E-state index in [1.54, 1.807) is 32.2 Å². The molecule has 0 saturated carbocycles. The van der Waals surface area contributed by atoms with Gasteiger partial charge in [0, 0.05) is 23.1 Å². The molecule has 1 atom stereocenters. The van der Waals surface area contributed by atoms with Gasteiger partial charge in [0.15, 0.2) is 11.9 Å². The maximum atomic E-state index is 12.1. The Morgan fingerprint density at radius 3 is 2.81 bits per heavy atom. The van der Waals surface area contributed by atoms with Gasteiger partial charge in [0.25, 0.3) is 5.91 Å². The summed E-state index contributed by atoms with van der Waals surface area (Å²) in [5, 5.41) is 6.96. The van der Waals surface area contributed by atoms with Gasteiger partial charge in [-0.3, -0.25) is 9.59 Å². The second-order valence-corrected chi connectivity index (χ2v) is 5.74. The molecule has 0 aliphatic carbocycles. The number of esters is 1. The molecule has 0 aliphatic heterocycles. The molecular formula is C18H18N2O6. The number of rotatable bonds is 6. The first kappa shape index (κ1) is 17.5. The molecule has 1 amide bonds. The number of hydrogen-bond acceptors (Lipinski definition) is 7. The minimum Gasteiger partial charge on any atom is -0.497 e. The number of carbonyl (C=O) groups excluding carboxylic acids is 2. The van der Waals surface area contributed by atoms with Crippen LogP contribution >= 0.6 is 0 Å². The number of ether oxygens (including phenoxy) is 2. The molecule has 0 bridgehead atoms. The molecule has 8 nitrogen and oxygen atoms in total. The number of methoxy groups -OCH3 is 1. The van der Waals surface area contributed by atoms with Crippen molar-refractivity contribution in [2.24, 2.45) is 0 Å². The third-order valence-electron chi connectivity index (χ3n) is 3.75. The van der Waals surface area contributed by atoms with Gasteiger partial charge in [-0.2, -0.15) is 0 Å². The molecule has 26 heavy (non-hydrogen) atoms. The smallest absolute Gasteiger partial charge is 0.311 e. The zero-order valence-electron chi connectivity index (χ0n) is 14.6. The first-order valence-corrected chi connectivity index (χ1v) is 7.94. The minimum atomic E-state index is -0.974. The Labute approximate surface area is 149 Å². The second-order valence-electron chi connectivity index (χ2n) is 5.74. The van der Waals surface area contributed by atoms with Gasteiger partial charge in [-0.15, -0.1) is 0 Å². The molecular weight excluding hydrogens is 340 g/mol. The molecule has 2 heterocycles. The summed E-state index contributed by atoms with van der Waals surface area (Å²) in [7, 11) is 1.56. The van der Waals surface area contributed by atoms with E-state index in [4.69, 9.17) is 18.4 Å². The number of carbonyl (C=O) groups is 2. The van der Waals surface area contributed by atoms with Crippen molar-refractivity contribution in [1.82, 2.24) is 5.16 Å². The number of nitrogens with zero attached hydrogens (tertiary/aromatic N) is 1. The number of amides is 1. The average Bonchev–Trinajstić information content (AvgIpc) is 3.20. The number of anilines is 1. The van der Waals surface area contributed by atoms with E-state index >= 15 is 0 Å². The predicted molar refractivity (Wildman–Crippen MR) is 91.9 cm³/mol. The molecule has 8 heteroatoms. The number of hydrogen-bond donors (Lipinski definition) is 1. The monoisotopic (exact) mass is 358 g/mol. The summed E-state index contributed by atoms with van der Waals surface area (Å²) in [6, 6.07) is 6.89. The van der Waals surface area contributed by atoms with Crippen LogP contribution in [0.15, 0.2) is 39.5 Å². The van der Waals surface area contributed by atoms with Gasteiger partial charge < -0.3 is 23.7 Å². The topological polar surface area (TPSA) is 104 Å². The molecule has 136 valence electrons.